The van der Waals surface area contributed by atoms with E-state index in [1.54, 1.807) is 0 Å². The van der Waals surface area contributed by atoms with Crippen LogP contribution in [0, 0.1) is 5.41 Å². The van der Waals surface area contributed by atoms with Gasteiger partial charge in [0, 0.05) is 0 Å². The van der Waals surface area contributed by atoms with Crippen molar-refractivity contribution in [2.75, 3.05) is 0 Å². The Morgan fingerprint density at radius 2 is 1.50 bits per heavy atom. The first-order valence-corrected chi connectivity index (χ1v) is 5.27. The minimum Gasteiger partial charge on any atom is -0.0888 e. The number of hydrogen-bond donors (Lipinski definition) is 0. The second-order valence-corrected chi connectivity index (χ2v) is 3.60. The lowest BCUT2D eigenvalue weighted by atomic mass is 9.86. The van der Waals surface area contributed by atoms with Crippen molar-refractivity contribution in [2.45, 2.75) is 60.8 Å². The zero-order valence-electron chi connectivity index (χ0n) is 9.78. The lowest BCUT2D eigenvalue weighted by Crippen LogP contribution is -2.06. The van der Waals surface area contributed by atoms with E-state index in [0.717, 1.165) is 0 Å². The molecule has 0 aliphatic rings. The van der Waals surface area contributed by atoms with Crippen LogP contribution in [-0.2, 0) is 0 Å². The van der Waals surface area contributed by atoms with Crippen LogP contribution in [-0.4, -0.2) is 0 Å². The second-order valence-electron chi connectivity index (χ2n) is 3.60. The van der Waals surface area contributed by atoms with Crippen LogP contribution in [0.2, 0.25) is 0 Å². The van der Waals surface area contributed by atoms with Gasteiger partial charge in [-0.25, -0.2) is 0 Å². The molecule has 0 aliphatic heterocycles. The molecule has 0 N–H and O–H groups in total. The van der Waals surface area contributed by atoms with Crippen molar-refractivity contribution >= 4 is 0 Å². The second kappa shape index (κ2) is 8.83. The Bertz CT molecular complexity index is 98.6. The quantitative estimate of drug-likeness (QED) is 0.531. The molecular weight excluding hydrogens is 144 g/mol. The van der Waals surface area contributed by atoms with E-state index in [9.17, 15) is 0 Å². The summed E-state index contributed by atoms with van der Waals surface area (Å²) in [5.41, 5.74) is 0.506. The fraction of sp³-hybridized carbons (Fsp3) is 0.833. The molecule has 74 valence electrons. The van der Waals surface area contributed by atoms with Crippen LogP contribution in [0.15, 0.2) is 12.2 Å². The van der Waals surface area contributed by atoms with E-state index in [-0.39, 0.29) is 0 Å². The van der Waals surface area contributed by atoms with Gasteiger partial charge in [0.1, 0.15) is 0 Å². The molecule has 0 amide bonds. The molecule has 0 saturated carbocycles. The molecule has 0 aromatic rings. The van der Waals surface area contributed by atoms with Gasteiger partial charge >= 0.3 is 0 Å². The van der Waals surface area contributed by atoms with Crippen LogP contribution in [0.5, 0.6) is 0 Å². The summed E-state index contributed by atoms with van der Waals surface area (Å²) in [6.45, 7) is 13.1. The Balaban J connectivity index is 0. The zero-order chi connectivity index (χ0) is 10.0. The normalized spacial score (nSPS) is 11.2. The maximum Gasteiger partial charge on any atom is -0.0299 e. The molecule has 0 aromatic heterocycles. The summed E-state index contributed by atoms with van der Waals surface area (Å²) in [6, 6.07) is 0. The molecule has 0 radical (unpaired) electrons. The average molecular weight is 170 g/mol. The van der Waals surface area contributed by atoms with E-state index in [4.69, 9.17) is 0 Å². The van der Waals surface area contributed by atoms with Crippen LogP contribution in [0.1, 0.15) is 60.8 Å². The van der Waals surface area contributed by atoms with E-state index in [1.807, 2.05) is 13.8 Å². The van der Waals surface area contributed by atoms with Crippen molar-refractivity contribution in [2.24, 2.45) is 5.41 Å². The van der Waals surface area contributed by atoms with Gasteiger partial charge < -0.3 is 0 Å². The first kappa shape index (κ1) is 14.3. The Labute approximate surface area is 79.1 Å². The summed E-state index contributed by atoms with van der Waals surface area (Å²) in [4.78, 5) is 0. The molecule has 0 atom stereocenters. The van der Waals surface area contributed by atoms with Gasteiger partial charge in [0.25, 0.3) is 0 Å². The highest BCUT2D eigenvalue weighted by Gasteiger charge is 2.11. The van der Waals surface area contributed by atoms with Crippen LogP contribution in [0.3, 0.4) is 0 Å². The third-order valence-corrected chi connectivity index (χ3v) is 2.03. The van der Waals surface area contributed by atoms with Gasteiger partial charge in [-0.3, -0.25) is 0 Å². The molecular formula is C12H26. The number of hydrogen-bond acceptors (Lipinski definition) is 0. The summed E-state index contributed by atoms with van der Waals surface area (Å²) >= 11 is 0. The molecule has 0 saturated heterocycles. The minimum atomic E-state index is 0.506. The summed E-state index contributed by atoms with van der Waals surface area (Å²) in [6.07, 6.45) is 8.19. The van der Waals surface area contributed by atoms with Gasteiger partial charge in [-0.15, -0.1) is 0 Å². The molecule has 0 nitrogen and oxygen atoms in total. The highest BCUT2D eigenvalue weighted by Crippen LogP contribution is 2.24. The van der Waals surface area contributed by atoms with Crippen LogP contribution >= 0.6 is 0 Å². The van der Waals surface area contributed by atoms with E-state index in [2.05, 4.69) is 39.8 Å². The third kappa shape index (κ3) is 9.74. The van der Waals surface area contributed by atoms with E-state index < -0.39 is 0 Å². The zero-order valence-corrected chi connectivity index (χ0v) is 9.78. The topological polar surface area (TPSA) is 0 Å². The van der Waals surface area contributed by atoms with Crippen molar-refractivity contribution in [1.82, 2.24) is 0 Å². The SMILES string of the molecule is CC.CC/C=C\CC(C)(C)CC. The third-order valence-electron chi connectivity index (χ3n) is 2.03. The largest absolute Gasteiger partial charge is 0.0888 e. The van der Waals surface area contributed by atoms with Crippen LogP contribution in [0.25, 0.3) is 0 Å². The average Bonchev–Trinajstić information content (AvgIpc) is 2.09. The predicted octanol–water partition coefficient (Wildman–Crippen LogP) is 4.81. The Morgan fingerprint density at radius 3 is 1.83 bits per heavy atom. The molecule has 0 spiro atoms. The van der Waals surface area contributed by atoms with E-state index in [1.165, 1.54) is 19.3 Å². The highest BCUT2D eigenvalue weighted by atomic mass is 14.2. The summed E-state index contributed by atoms with van der Waals surface area (Å²) in [7, 11) is 0. The molecule has 0 aliphatic carbocycles. The van der Waals surface area contributed by atoms with Gasteiger partial charge in [0.05, 0.1) is 0 Å². The van der Waals surface area contributed by atoms with E-state index >= 15 is 0 Å². The predicted molar refractivity (Wildman–Crippen MR) is 59.5 cm³/mol. The van der Waals surface area contributed by atoms with Gasteiger partial charge in [0.15, 0.2) is 0 Å². The summed E-state index contributed by atoms with van der Waals surface area (Å²) < 4.78 is 0. The molecule has 0 bridgehead atoms. The van der Waals surface area contributed by atoms with Crippen molar-refractivity contribution in [3.05, 3.63) is 12.2 Å². The summed E-state index contributed by atoms with van der Waals surface area (Å²) in [5, 5.41) is 0. The lowest BCUT2D eigenvalue weighted by molar-refractivity contribution is 0.356. The monoisotopic (exact) mass is 170 g/mol. The lowest BCUT2D eigenvalue weighted by Gasteiger charge is -2.19. The van der Waals surface area contributed by atoms with Gasteiger partial charge in [0.2, 0.25) is 0 Å². The fourth-order valence-electron chi connectivity index (χ4n) is 0.713. The molecule has 0 rings (SSSR count). The molecule has 0 aromatic carbocycles. The Morgan fingerprint density at radius 1 is 1.00 bits per heavy atom. The smallest absolute Gasteiger partial charge is 0.0299 e. The van der Waals surface area contributed by atoms with Gasteiger partial charge in [-0.05, 0) is 18.3 Å². The first-order chi connectivity index (χ1) is 5.62. The molecule has 0 unspecified atom stereocenters. The van der Waals surface area contributed by atoms with Crippen LogP contribution in [0.4, 0.5) is 0 Å². The molecule has 0 heterocycles. The Hall–Kier alpha value is -0.260. The minimum absolute atomic E-state index is 0.506. The maximum absolute atomic E-state index is 2.31. The standard InChI is InChI=1S/C10H20.C2H6/c1-5-7-8-9-10(3,4)6-2;1-2/h7-8H,5-6,9H2,1-4H3;1-2H3/b8-7-;. The van der Waals surface area contributed by atoms with Crippen molar-refractivity contribution in [1.29, 1.82) is 0 Å². The molecule has 0 fully saturated rings. The van der Waals surface area contributed by atoms with Gasteiger partial charge in [-0.2, -0.15) is 0 Å². The Kier molecular flexibility index (Phi) is 10.5. The highest BCUT2D eigenvalue weighted by molar-refractivity contribution is 4.85. The number of allylic oxidation sites excluding steroid dienone is 2. The number of rotatable bonds is 4. The summed E-state index contributed by atoms with van der Waals surface area (Å²) in [5.74, 6) is 0. The molecule has 0 heteroatoms. The van der Waals surface area contributed by atoms with Gasteiger partial charge in [-0.1, -0.05) is 60.1 Å². The van der Waals surface area contributed by atoms with Crippen LogP contribution < -0.4 is 0 Å². The molecule has 12 heavy (non-hydrogen) atoms. The van der Waals surface area contributed by atoms with Crippen molar-refractivity contribution < 1.29 is 0 Å². The first-order valence-electron chi connectivity index (χ1n) is 5.27. The van der Waals surface area contributed by atoms with Crippen molar-refractivity contribution in [3.8, 4) is 0 Å². The van der Waals surface area contributed by atoms with Crippen molar-refractivity contribution in [3.63, 3.8) is 0 Å². The fourth-order valence-corrected chi connectivity index (χ4v) is 0.713. The van der Waals surface area contributed by atoms with E-state index in [0.29, 0.717) is 5.41 Å². The maximum atomic E-state index is 2.31.